The summed E-state index contributed by atoms with van der Waals surface area (Å²) in [5, 5.41) is 3.71. The first-order chi connectivity index (χ1) is 8.17. The van der Waals surface area contributed by atoms with Gasteiger partial charge in [-0.05, 0) is 62.5 Å². The highest BCUT2D eigenvalue weighted by molar-refractivity contribution is 5.32. The van der Waals surface area contributed by atoms with Crippen molar-refractivity contribution < 1.29 is 0 Å². The Hall–Kier alpha value is -0.820. The molecule has 0 spiro atoms. The number of benzene rings is 1. The highest BCUT2D eigenvalue weighted by atomic mass is 15.0. The molecule has 3 rings (SSSR count). The van der Waals surface area contributed by atoms with Gasteiger partial charge in [0.05, 0.1) is 0 Å². The van der Waals surface area contributed by atoms with E-state index in [2.05, 4.69) is 37.4 Å². The third kappa shape index (κ3) is 2.71. The van der Waals surface area contributed by atoms with Gasteiger partial charge in [0, 0.05) is 12.6 Å². The summed E-state index contributed by atoms with van der Waals surface area (Å²) in [6.45, 7) is 5.69. The van der Waals surface area contributed by atoms with E-state index in [0.29, 0.717) is 5.41 Å². The van der Waals surface area contributed by atoms with E-state index >= 15 is 0 Å². The summed E-state index contributed by atoms with van der Waals surface area (Å²) in [5.41, 5.74) is 5.03. The first kappa shape index (κ1) is 11.3. The van der Waals surface area contributed by atoms with Crippen molar-refractivity contribution in [1.82, 2.24) is 5.32 Å². The summed E-state index contributed by atoms with van der Waals surface area (Å²) < 4.78 is 0. The molecule has 92 valence electrons. The lowest BCUT2D eigenvalue weighted by Crippen LogP contribution is -2.27. The molecule has 0 unspecified atom stereocenters. The Balaban J connectivity index is 1.66. The molecule has 2 fully saturated rings. The van der Waals surface area contributed by atoms with E-state index in [1.54, 1.807) is 5.56 Å². The molecule has 1 aromatic rings. The Labute approximate surface area is 105 Å². The van der Waals surface area contributed by atoms with Crippen LogP contribution in [-0.2, 0) is 6.42 Å². The van der Waals surface area contributed by atoms with Gasteiger partial charge in [0.15, 0.2) is 0 Å². The van der Waals surface area contributed by atoms with Crippen molar-refractivity contribution in [3.05, 3.63) is 34.9 Å². The minimum absolute atomic E-state index is 0.598. The summed E-state index contributed by atoms with van der Waals surface area (Å²) in [6, 6.07) is 7.73. The number of rotatable bonds is 5. The molecule has 0 atom stereocenters. The fourth-order valence-corrected chi connectivity index (χ4v) is 2.64. The lowest BCUT2D eigenvalue weighted by atomic mass is 9.92. The van der Waals surface area contributed by atoms with Crippen LogP contribution in [0.15, 0.2) is 18.2 Å². The Morgan fingerprint density at radius 3 is 2.65 bits per heavy atom. The van der Waals surface area contributed by atoms with E-state index in [1.807, 2.05) is 0 Å². The predicted octanol–water partition coefficient (Wildman–Crippen LogP) is 3.38. The number of hydrogen-bond acceptors (Lipinski definition) is 1. The van der Waals surface area contributed by atoms with Gasteiger partial charge in [-0.3, -0.25) is 0 Å². The van der Waals surface area contributed by atoms with Gasteiger partial charge < -0.3 is 5.32 Å². The SMILES string of the molecule is Cc1ccc(C)c(CC2(CNC3CC3)CC2)c1. The van der Waals surface area contributed by atoms with Crippen LogP contribution in [0.25, 0.3) is 0 Å². The summed E-state index contributed by atoms with van der Waals surface area (Å²) >= 11 is 0. The Morgan fingerprint density at radius 1 is 1.24 bits per heavy atom. The minimum atomic E-state index is 0.598. The monoisotopic (exact) mass is 229 g/mol. The van der Waals surface area contributed by atoms with Gasteiger partial charge in [0.2, 0.25) is 0 Å². The van der Waals surface area contributed by atoms with Gasteiger partial charge in [-0.1, -0.05) is 23.8 Å². The van der Waals surface area contributed by atoms with Gasteiger partial charge in [-0.25, -0.2) is 0 Å². The molecule has 17 heavy (non-hydrogen) atoms. The lowest BCUT2D eigenvalue weighted by molar-refractivity contribution is 0.453. The third-order valence-corrected chi connectivity index (χ3v) is 4.37. The van der Waals surface area contributed by atoms with Gasteiger partial charge in [-0.2, -0.15) is 0 Å². The molecule has 1 nitrogen and oxygen atoms in total. The third-order valence-electron chi connectivity index (χ3n) is 4.37. The van der Waals surface area contributed by atoms with E-state index < -0.39 is 0 Å². The van der Waals surface area contributed by atoms with Crippen molar-refractivity contribution >= 4 is 0 Å². The van der Waals surface area contributed by atoms with E-state index in [0.717, 1.165) is 6.04 Å². The molecule has 0 aromatic heterocycles. The molecule has 1 heteroatoms. The van der Waals surface area contributed by atoms with Gasteiger partial charge in [0.25, 0.3) is 0 Å². The van der Waals surface area contributed by atoms with Crippen LogP contribution in [0.3, 0.4) is 0 Å². The van der Waals surface area contributed by atoms with Crippen molar-refractivity contribution in [2.75, 3.05) is 6.54 Å². The van der Waals surface area contributed by atoms with Crippen LogP contribution in [0.1, 0.15) is 42.4 Å². The van der Waals surface area contributed by atoms with Crippen LogP contribution in [0.2, 0.25) is 0 Å². The molecule has 0 amide bonds. The van der Waals surface area contributed by atoms with Crippen molar-refractivity contribution in [3.63, 3.8) is 0 Å². The molecule has 0 heterocycles. The second kappa shape index (κ2) is 4.13. The van der Waals surface area contributed by atoms with Crippen LogP contribution < -0.4 is 5.32 Å². The lowest BCUT2D eigenvalue weighted by Gasteiger charge is -2.18. The average Bonchev–Trinajstić information content (AvgIpc) is 3.16. The molecule has 0 saturated heterocycles. The zero-order valence-electron chi connectivity index (χ0n) is 11.1. The molecule has 2 aliphatic rings. The van der Waals surface area contributed by atoms with Crippen LogP contribution in [-0.4, -0.2) is 12.6 Å². The molecule has 2 saturated carbocycles. The van der Waals surface area contributed by atoms with E-state index in [9.17, 15) is 0 Å². The molecular weight excluding hydrogens is 206 g/mol. The van der Waals surface area contributed by atoms with Crippen LogP contribution in [0, 0.1) is 19.3 Å². The van der Waals surface area contributed by atoms with E-state index in [1.165, 1.54) is 49.8 Å². The van der Waals surface area contributed by atoms with E-state index in [-0.39, 0.29) is 0 Å². The molecule has 0 bridgehead atoms. The maximum absolute atomic E-state index is 3.71. The molecule has 1 aromatic carbocycles. The summed E-state index contributed by atoms with van der Waals surface area (Å²) in [4.78, 5) is 0. The quantitative estimate of drug-likeness (QED) is 0.816. The maximum atomic E-state index is 3.71. The maximum Gasteiger partial charge on any atom is 0.00684 e. The molecular formula is C16H23N. The normalized spacial score (nSPS) is 21.5. The highest BCUT2D eigenvalue weighted by Crippen LogP contribution is 2.48. The average molecular weight is 229 g/mol. The topological polar surface area (TPSA) is 12.0 Å². The molecule has 1 N–H and O–H groups in total. The van der Waals surface area contributed by atoms with Crippen molar-refractivity contribution in [2.45, 2.75) is 52.0 Å². The Kier molecular flexibility index (Phi) is 2.74. The van der Waals surface area contributed by atoms with Crippen molar-refractivity contribution in [3.8, 4) is 0 Å². The van der Waals surface area contributed by atoms with Crippen LogP contribution in [0.4, 0.5) is 0 Å². The largest absolute Gasteiger partial charge is 0.313 e. The smallest absolute Gasteiger partial charge is 0.00684 e. The number of hydrogen-bond donors (Lipinski definition) is 1. The summed E-state index contributed by atoms with van der Waals surface area (Å²) in [5.74, 6) is 0. The zero-order valence-corrected chi connectivity index (χ0v) is 11.1. The number of aryl methyl sites for hydroxylation is 2. The molecule has 0 aliphatic heterocycles. The summed E-state index contributed by atoms with van der Waals surface area (Å²) in [7, 11) is 0. The Morgan fingerprint density at radius 2 is 2.00 bits per heavy atom. The van der Waals surface area contributed by atoms with Crippen molar-refractivity contribution in [2.24, 2.45) is 5.41 Å². The molecule has 0 radical (unpaired) electrons. The second-order valence-corrected chi connectivity index (χ2v) is 6.26. The first-order valence-corrected chi connectivity index (χ1v) is 6.96. The van der Waals surface area contributed by atoms with Gasteiger partial charge in [0.1, 0.15) is 0 Å². The fraction of sp³-hybridized carbons (Fsp3) is 0.625. The minimum Gasteiger partial charge on any atom is -0.313 e. The number of nitrogens with one attached hydrogen (secondary N) is 1. The fourth-order valence-electron chi connectivity index (χ4n) is 2.64. The van der Waals surface area contributed by atoms with E-state index in [4.69, 9.17) is 0 Å². The first-order valence-electron chi connectivity index (χ1n) is 6.96. The van der Waals surface area contributed by atoms with Crippen LogP contribution in [0.5, 0.6) is 0 Å². The second-order valence-electron chi connectivity index (χ2n) is 6.26. The summed E-state index contributed by atoms with van der Waals surface area (Å²) in [6.07, 6.45) is 6.92. The molecule has 2 aliphatic carbocycles. The standard InChI is InChI=1S/C16H23N/c1-12-3-4-13(2)14(9-12)10-16(7-8-16)11-17-15-5-6-15/h3-4,9,15,17H,5-8,10-11H2,1-2H3. The van der Waals surface area contributed by atoms with Gasteiger partial charge in [-0.15, -0.1) is 0 Å². The zero-order chi connectivity index (χ0) is 11.9. The predicted molar refractivity (Wildman–Crippen MR) is 72.3 cm³/mol. The van der Waals surface area contributed by atoms with Crippen LogP contribution >= 0.6 is 0 Å². The Bertz CT molecular complexity index is 414. The van der Waals surface area contributed by atoms with Crippen molar-refractivity contribution in [1.29, 1.82) is 0 Å². The van der Waals surface area contributed by atoms with Gasteiger partial charge >= 0.3 is 0 Å². The highest BCUT2D eigenvalue weighted by Gasteiger charge is 2.43.